The number of amides is 2. The second kappa shape index (κ2) is 7.35. The second-order valence-corrected chi connectivity index (χ2v) is 4.16. The lowest BCUT2D eigenvalue weighted by atomic mass is 10.2. The van der Waals surface area contributed by atoms with Gasteiger partial charge in [-0.1, -0.05) is 6.92 Å². The molecule has 0 bridgehead atoms. The number of nitrogens with one attached hydrogen (secondary N) is 3. The monoisotopic (exact) mass is 264 g/mol. The van der Waals surface area contributed by atoms with E-state index in [9.17, 15) is 9.59 Å². The van der Waals surface area contributed by atoms with Gasteiger partial charge in [-0.3, -0.25) is 14.6 Å². The SMILES string of the molecule is CCCNC(=O)C(C)NC(=O)c1cnccc1NC. The van der Waals surface area contributed by atoms with Crippen LogP contribution in [0.1, 0.15) is 30.6 Å². The number of carbonyl (C=O) groups excluding carboxylic acids is 2. The highest BCUT2D eigenvalue weighted by atomic mass is 16.2. The summed E-state index contributed by atoms with van der Waals surface area (Å²) in [5, 5.41) is 8.29. The lowest BCUT2D eigenvalue weighted by Crippen LogP contribution is -2.45. The van der Waals surface area contributed by atoms with Crippen LogP contribution >= 0.6 is 0 Å². The van der Waals surface area contributed by atoms with Crippen molar-refractivity contribution in [2.24, 2.45) is 0 Å². The van der Waals surface area contributed by atoms with Gasteiger partial charge in [-0.25, -0.2) is 0 Å². The molecule has 0 radical (unpaired) electrons. The topological polar surface area (TPSA) is 83.1 Å². The first kappa shape index (κ1) is 14.9. The maximum atomic E-state index is 12.0. The highest BCUT2D eigenvalue weighted by molar-refractivity contribution is 6.01. The van der Waals surface area contributed by atoms with Crippen LogP contribution in [0.3, 0.4) is 0 Å². The van der Waals surface area contributed by atoms with Crippen LogP contribution in [0.25, 0.3) is 0 Å². The molecular weight excluding hydrogens is 244 g/mol. The van der Waals surface area contributed by atoms with Crippen molar-refractivity contribution >= 4 is 17.5 Å². The van der Waals surface area contributed by atoms with Gasteiger partial charge in [-0.05, 0) is 19.4 Å². The van der Waals surface area contributed by atoms with E-state index in [1.54, 1.807) is 26.2 Å². The van der Waals surface area contributed by atoms with Crippen molar-refractivity contribution in [1.29, 1.82) is 0 Å². The molecular formula is C13H20N4O2. The quantitative estimate of drug-likeness (QED) is 0.708. The number of nitrogens with zero attached hydrogens (tertiary/aromatic N) is 1. The third kappa shape index (κ3) is 4.24. The lowest BCUT2D eigenvalue weighted by Gasteiger charge is -2.15. The van der Waals surface area contributed by atoms with Crippen molar-refractivity contribution in [3.8, 4) is 0 Å². The predicted molar refractivity (Wildman–Crippen MR) is 74.0 cm³/mol. The molecule has 1 aromatic heterocycles. The summed E-state index contributed by atoms with van der Waals surface area (Å²) in [6.07, 6.45) is 3.93. The third-order valence-electron chi connectivity index (χ3n) is 2.63. The molecule has 0 aliphatic carbocycles. The van der Waals surface area contributed by atoms with Crippen molar-refractivity contribution in [1.82, 2.24) is 15.6 Å². The fourth-order valence-electron chi connectivity index (χ4n) is 1.53. The summed E-state index contributed by atoms with van der Waals surface area (Å²) in [6.45, 7) is 4.23. The molecule has 0 fully saturated rings. The standard InChI is InChI=1S/C13H20N4O2/c1-4-6-16-12(18)9(2)17-13(19)10-8-15-7-5-11(10)14-3/h5,7-9H,4,6H2,1-3H3,(H,14,15)(H,16,18)(H,17,19). The minimum Gasteiger partial charge on any atom is -0.387 e. The van der Waals surface area contributed by atoms with E-state index in [0.29, 0.717) is 17.8 Å². The fourth-order valence-corrected chi connectivity index (χ4v) is 1.53. The van der Waals surface area contributed by atoms with E-state index in [2.05, 4.69) is 20.9 Å². The van der Waals surface area contributed by atoms with Gasteiger partial charge in [-0.15, -0.1) is 0 Å². The normalized spacial score (nSPS) is 11.5. The highest BCUT2D eigenvalue weighted by Gasteiger charge is 2.17. The Morgan fingerprint density at radius 3 is 2.79 bits per heavy atom. The van der Waals surface area contributed by atoms with Crippen molar-refractivity contribution in [2.45, 2.75) is 26.3 Å². The Labute approximate surface area is 113 Å². The highest BCUT2D eigenvalue weighted by Crippen LogP contribution is 2.12. The van der Waals surface area contributed by atoms with E-state index in [0.717, 1.165) is 6.42 Å². The number of hydrogen-bond acceptors (Lipinski definition) is 4. The van der Waals surface area contributed by atoms with E-state index in [1.807, 2.05) is 6.92 Å². The Morgan fingerprint density at radius 1 is 1.42 bits per heavy atom. The van der Waals surface area contributed by atoms with E-state index < -0.39 is 6.04 Å². The summed E-state index contributed by atoms with van der Waals surface area (Å²) in [5.41, 5.74) is 1.09. The van der Waals surface area contributed by atoms with Gasteiger partial charge >= 0.3 is 0 Å². The van der Waals surface area contributed by atoms with Gasteiger partial charge in [0.05, 0.1) is 5.56 Å². The number of aromatic nitrogens is 1. The summed E-state index contributed by atoms with van der Waals surface area (Å²) in [4.78, 5) is 27.6. The smallest absolute Gasteiger partial charge is 0.255 e. The van der Waals surface area contributed by atoms with E-state index in [-0.39, 0.29) is 11.8 Å². The van der Waals surface area contributed by atoms with Gasteiger partial charge in [-0.2, -0.15) is 0 Å². The number of hydrogen-bond donors (Lipinski definition) is 3. The first-order chi connectivity index (χ1) is 9.10. The molecule has 2 amide bonds. The molecule has 104 valence electrons. The van der Waals surface area contributed by atoms with Crippen LogP contribution < -0.4 is 16.0 Å². The van der Waals surface area contributed by atoms with Gasteiger partial charge in [0, 0.05) is 31.7 Å². The zero-order chi connectivity index (χ0) is 14.3. The Balaban J connectivity index is 2.66. The molecule has 1 unspecified atom stereocenters. The van der Waals surface area contributed by atoms with Gasteiger partial charge in [0.25, 0.3) is 5.91 Å². The maximum Gasteiger partial charge on any atom is 0.255 e. The summed E-state index contributed by atoms with van der Waals surface area (Å²) in [7, 11) is 1.73. The molecule has 1 heterocycles. The molecule has 6 heteroatoms. The molecule has 1 rings (SSSR count). The summed E-state index contributed by atoms with van der Waals surface area (Å²) in [6, 6.07) is 1.13. The average Bonchev–Trinajstić information content (AvgIpc) is 2.44. The Hall–Kier alpha value is -2.11. The first-order valence-electron chi connectivity index (χ1n) is 6.30. The predicted octanol–water partition coefficient (Wildman–Crippen LogP) is 0.768. The molecule has 0 saturated heterocycles. The van der Waals surface area contributed by atoms with E-state index >= 15 is 0 Å². The van der Waals surface area contributed by atoms with Gasteiger partial charge in [0.1, 0.15) is 6.04 Å². The zero-order valence-electron chi connectivity index (χ0n) is 11.5. The lowest BCUT2D eigenvalue weighted by molar-refractivity contribution is -0.122. The van der Waals surface area contributed by atoms with Crippen LogP contribution in [0.2, 0.25) is 0 Å². The summed E-state index contributed by atoms with van der Waals surface area (Å²) < 4.78 is 0. The fraction of sp³-hybridized carbons (Fsp3) is 0.462. The Kier molecular flexibility index (Phi) is 5.78. The van der Waals surface area contributed by atoms with Crippen molar-refractivity contribution in [2.75, 3.05) is 18.9 Å². The molecule has 1 atom stereocenters. The van der Waals surface area contributed by atoms with E-state index in [4.69, 9.17) is 0 Å². The Bertz CT molecular complexity index is 448. The molecule has 3 N–H and O–H groups in total. The van der Waals surface area contributed by atoms with Crippen molar-refractivity contribution in [3.05, 3.63) is 24.0 Å². The van der Waals surface area contributed by atoms with Crippen LogP contribution in [0, 0.1) is 0 Å². The van der Waals surface area contributed by atoms with Crippen molar-refractivity contribution < 1.29 is 9.59 Å². The molecule has 0 aliphatic heterocycles. The minimum atomic E-state index is -0.580. The number of carbonyl (C=O) groups is 2. The van der Waals surface area contributed by atoms with Gasteiger partial charge < -0.3 is 16.0 Å². The summed E-state index contributed by atoms with van der Waals surface area (Å²) in [5.74, 6) is -0.512. The molecule has 1 aromatic rings. The third-order valence-corrected chi connectivity index (χ3v) is 2.63. The van der Waals surface area contributed by atoms with Gasteiger partial charge in [0.2, 0.25) is 5.91 Å². The summed E-state index contributed by atoms with van der Waals surface area (Å²) >= 11 is 0. The zero-order valence-corrected chi connectivity index (χ0v) is 11.5. The van der Waals surface area contributed by atoms with Crippen molar-refractivity contribution in [3.63, 3.8) is 0 Å². The van der Waals surface area contributed by atoms with Gasteiger partial charge in [0.15, 0.2) is 0 Å². The van der Waals surface area contributed by atoms with Crippen LogP contribution in [0.4, 0.5) is 5.69 Å². The second-order valence-electron chi connectivity index (χ2n) is 4.16. The number of anilines is 1. The van der Waals surface area contributed by atoms with Crippen LogP contribution in [0.5, 0.6) is 0 Å². The number of rotatable bonds is 6. The van der Waals surface area contributed by atoms with Crippen LogP contribution in [0.15, 0.2) is 18.5 Å². The Morgan fingerprint density at radius 2 is 2.16 bits per heavy atom. The number of pyridine rings is 1. The molecule has 0 saturated carbocycles. The first-order valence-corrected chi connectivity index (χ1v) is 6.30. The molecule has 0 aromatic carbocycles. The molecule has 6 nitrogen and oxygen atoms in total. The minimum absolute atomic E-state index is 0.190. The molecule has 19 heavy (non-hydrogen) atoms. The average molecular weight is 264 g/mol. The van der Waals surface area contributed by atoms with Crippen LogP contribution in [-0.2, 0) is 4.79 Å². The largest absolute Gasteiger partial charge is 0.387 e. The molecule has 0 aliphatic rings. The van der Waals surface area contributed by atoms with E-state index in [1.165, 1.54) is 6.20 Å². The maximum absolute atomic E-state index is 12.0. The molecule has 0 spiro atoms. The van der Waals surface area contributed by atoms with Crippen LogP contribution in [-0.4, -0.2) is 36.4 Å².